The molecule has 0 atom stereocenters. The standard InChI is InChI=1S/C11H13FN2O2/c1-14-7-13-11-8(14)3-4-9(10(11)12)16-6-5-15-2/h3-4,7H,5-6H2,1-2H3. The number of ether oxygens (including phenoxy) is 2. The number of nitrogens with zero attached hydrogens (tertiary/aromatic N) is 2. The van der Waals surface area contributed by atoms with Crippen molar-refractivity contribution in [3.8, 4) is 5.75 Å². The maximum absolute atomic E-state index is 13.9. The maximum atomic E-state index is 13.9. The summed E-state index contributed by atoms with van der Waals surface area (Å²) in [5, 5.41) is 0. The summed E-state index contributed by atoms with van der Waals surface area (Å²) >= 11 is 0. The van der Waals surface area contributed by atoms with Crippen molar-refractivity contribution in [1.29, 1.82) is 0 Å². The number of hydrogen-bond acceptors (Lipinski definition) is 3. The minimum absolute atomic E-state index is 0.211. The van der Waals surface area contributed by atoms with E-state index in [0.717, 1.165) is 5.52 Å². The number of aryl methyl sites for hydroxylation is 1. The normalized spacial score (nSPS) is 10.9. The molecule has 1 aromatic heterocycles. The van der Waals surface area contributed by atoms with Crippen LogP contribution in [0.25, 0.3) is 11.0 Å². The Morgan fingerprint density at radius 1 is 1.38 bits per heavy atom. The molecule has 0 amide bonds. The zero-order valence-electron chi connectivity index (χ0n) is 9.24. The van der Waals surface area contributed by atoms with Crippen LogP contribution in [0.2, 0.25) is 0 Å². The van der Waals surface area contributed by atoms with Gasteiger partial charge in [0.1, 0.15) is 12.1 Å². The molecule has 16 heavy (non-hydrogen) atoms. The number of halogens is 1. The van der Waals surface area contributed by atoms with E-state index in [1.807, 2.05) is 7.05 Å². The molecule has 0 aliphatic rings. The summed E-state index contributed by atoms with van der Waals surface area (Å²) in [7, 11) is 3.39. The van der Waals surface area contributed by atoms with E-state index in [9.17, 15) is 4.39 Å². The van der Waals surface area contributed by atoms with Gasteiger partial charge in [0.05, 0.1) is 18.5 Å². The molecular formula is C11H13FN2O2. The number of benzene rings is 1. The summed E-state index contributed by atoms with van der Waals surface area (Å²) in [5.41, 5.74) is 1.08. The quantitative estimate of drug-likeness (QED) is 0.742. The van der Waals surface area contributed by atoms with E-state index in [1.54, 1.807) is 30.1 Å². The number of methoxy groups -OCH3 is 1. The summed E-state index contributed by atoms with van der Waals surface area (Å²) in [6, 6.07) is 3.39. The molecule has 0 saturated carbocycles. The molecule has 4 nitrogen and oxygen atoms in total. The van der Waals surface area contributed by atoms with Crippen molar-refractivity contribution in [3.05, 3.63) is 24.3 Å². The third-order valence-electron chi connectivity index (χ3n) is 2.34. The Kier molecular flexibility index (Phi) is 3.05. The van der Waals surface area contributed by atoms with Crippen LogP contribution < -0.4 is 4.74 Å². The second kappa shape index (κ2) is 4.49. The fourth-order valence-electron chi connectivity index (χ4n) is 1.50. The van der Waals surface area contributed by atoms with Gasteiger partial charge in [0.15, 0.2) is 11.6 Å². The lowest BCUT2D eigenvalue weighted by atomic mass is 10.3. The van der Waals surface area contributed by atoms with E-state index in [1.165, 1.54) is 0 Å². The molecule has 1 aromatic carbocycles. The van der Waals surface area contributed by atoms with Crippen LogP contribution >= 0.6 is 0 Å². The number of hydrogen-bond donors (Lipinski definition) is 0. The van der Waals surface area contributed by atoms with Crippen molar-refractivity contribution in [1.82, 2.24) is 9.55 Å². The molecule has 5 heteroatoms. The van der Waals surface area contributed by atoms with Crippen LogP contribution in [0.3, 0.4) is 0 Å². The molecule has 0 unspecified atom stereocenters. The highest BCUT2D eigenvalue weighted by Crippen LogP contribution is 2.24. The van der Waals surface area contributed by atoms with Gasteiger partial charge in [-0.1, -0.05) is 0 Å². The molecule has 0 N–H and O–H groups in total. The summed E-state index contributed by atoms with van der Waals surface area (Å²) in [5.74, 6) is -0.211. The van der Waals surface area contributed by atoms with E-state index in [-0.39, 0.29) is 5.75 Å². The number of rotatable bonds is 4. The molecule has 0 fully saturated rings. The van der Waals surface area contributed by atoms with Crippen molar-refractivity contribution < 1.29 is 13.9 Å². The van der Waals surface area contributed by atoms with Crippen LogP contribution in [0, 0.1) is 5.82 Å². The lowest BCUT2D eigenvalue weighted by Crippen LogP contribution is -2.05. The zero-order valence-corrected chi connectivity index (χ0v) is 9.24. The van der Waals surface area contributed by atoms with Gasteiger partial charge in [-0.25, -0.2) is 9.37 Å². The Morgan fingerprint density at radius 3 is 2.94 bits per heavy atom. The molecule has 0 radical (unpaired) electrons. The van der Waals surface area contributed by atoms with Gasteiger partial charge >= 0.3 is 0 Å². The Balaban J connectivity index is 2.30. The fourth-order valence-corrected chi connectivity index (χ4v) is 1.50. The van der Waals surface area contributed by atoms with Gasteiger partial charge in [-0.05, 0) is 12.1 Å². The highest BCUT2D eigenvalue weighted by molar-refractivity contribution is 5.77. The molecule has 0 aliphatic carbocycles. The third kappa shape index (κ3) is 1.86. The van der Waals surface area contributed by atoms with Crippen LogP contribution in [0.4, 0.5) is 4.39 Å². The highest BCUT2D eigenvalue weighted by atomic mass is 19.1. The summed E-state index contributed by atoms with van der Waals surface area (Å²) in [6.45, 7) is 0.755. The van der Waals surface area contributed by atoms with Crippen molar-refractivity contribution in [2.75, 3.05) is 20.3 Å². The maximum Gasteiger partial charge on any atom is 0.192 e. The van der Waals surface area contributed by atoms with Crippen molar-refractivity contribution in [2.45, 2.75) is 0 Å². The minimum atomic E-state index is -0.422. The van der Waals surface area contributed by atoms with Gasteiger partial charge in [-0.15, -0.1) is 0 Å². The van der Waals surface area contributed by atoms with Crippen LogP contribution in [-0.4, -0.2) is 29.9 Å². The molecule has 0 aliphatic heterocycles. The van der Waals surface area contributed by atoms with Crippen LogP contribution in [0.5, 0.6) is 5.75 Å². The van der Waals surface area contributed by atoms with Crippen LogP contribution in [-0.2, 0) is 11.8 Å². The number of imidazole rings is 1. The first-order valence-electron chi connectivity index (χ1n) is 4.95. The van der Waals surface area contributed by atoms with E-state index >= 15 is 0 Å². The second-order valence-electron chi connectivity index (χ2n) is 3.44. The smallest absolute Gasteiger partial charge is 0.192 e. The first-order chi connectivity index (χ1) is 7.74. The van der Waals surface area contributed by atoms with E-state index < -0.39 is 5.82 Å². The van der Waals surface area contributed by atoms with Gasteiger partial charge in [0.25, 0.3) is 0 Å². The molecule has 0 saturated heterocycles. The topological polar surface area (TPSA) is 36.3 Å². The molecule has 2 rings (SSSR count). The van der Waals surface area contributed by atoms with Crippen molar-refractivity contribution in [3.63, 3.8) is 0 Å². The van der Waals surface area contributed by atoms with E-state index in [2.05, 4.69) is 4.98 Å². The predicted molar refractivity (Wildman–Crippen MR) is 58.0 cm³/mol. The number of aromatic nitrogens is 2. The monoisotopic (exact) mass is 224 g/mol. The first-order valence-corrected chi connectivity index (χ1v) is 4.95. The molecule has 2 aromatic rings. The lowest BCUT2D eigenvalue weighted by molar-refractivity contribution is 0.144. The summed E-state index contributed by atoms with van der Waals surface area (Å²) in [6.07, 6.45) is 1.58. The average molecular weight is 224 g/mol. The minimum Gasteiger partial charge on any atom is -0.488 e. The van der Waals surface area contributed by atoms with Gasteiger partial charge in [0.2, 0.25) is 0 Å². The molecule has 0 spiro atoms. The highest BCUT2D eigenvalue weighted by Gasteiger charge is 2.11. The second-order valence-corrected chi connectivity index (χ2v) is 3.44. The Labute approximate surface area is 92.6 Å². The lowest BCUT2D eigenvalue weighted by Gasteiger charge is -2.06. The van der Waals surface area contributed by atoms with Gasteiger partial charge in [-0.2, -0.15) is 0 Å². The van der Waals surface area contributed by atoms with Gasteiger partial charge in [-0.3, -0.25) is 0 Å². The van der Waals surface area contributed by atoms with E-state index in [4.69, 9.17) is 9.47 Å². The summed E-state index contributed by atoms with van der Waals surface area (Å²) < 4.78 is 25.7. The number of fused-ring (bicyclic) bond motifs is 1. The largest absolute Gasteiger partial charge is 0.488 e. The van der Waals surface area contributed by atoms with Crippen molar-refractivity contribution in [2.24, 2.45) is 7.05 Å². The first kappa shape index (κ1) is 10.9. The average Bonchev–Trinajstić information content (AvgIpc) is 2.65. The SMILES string of the molecule is COCCOc1ccc2c(ncn2C)c1F. The van der Waals surface area contributed by atoms with Crippen LogP contribution in [0.15, 0.2) is 18.5 Å². The Hall–Kier alpha value is -1.62. The Bertz CT molecular complexity index is 496. The van der Waals surface area contributed by atoms with Crippen molar-refractivity contribution >= 4 is 11.0 Å². The van der Waals surface area contributed by atoms with E-state index in [0.29, 0.717) is 18.7 Å². The predicted octanol–water partition coefficient (Wildman–Crippen LogP) is 1.74. The Morgan fingerprint density at radius 2 is 2.19 bits per heavy atom. The van der Waals surface area contributed by atoms with Gasteiger partial charge in [0, 0.05) is 14.2 Å². The summed E-state index contributed by atoms with van der Waals surface area (Å²) in [4.78, 5) is 3.98. The molecular weight excluding hydrogens is 211 g/mol. The molecule has 1 heterocycles. The van der Waals surface area contributed by atoms with Crippen LogP contribution in [0.1, 0.15) is 0 Å². The molecule has 0 bridgehead atoms. The third-order valence-corrected chi connectivity index (χ3v) is 2.34. The zero-order chi connectivity index (χ0) is 11.5. The molecule has 86 valence electrons. The fraction of sp³-hybridized carbons (Fsp3) is 0.364. The van der Waals surface area contributed by atoms with Gasteiger partial charge < -0.3 is 14.0 Å².